The van der Waals surface area contributed by atoms with E-state index in [4.69, 9.17) is 15.2 Å². The summed E-state index contributed by atoms with van der Waals surface area (Å²) in [6, 6.07) is 7.41. The number of rotatable bonds is 8. The van der Waals surface area contributed by atoms with E-state index in [-0.39, 0.29) is 30.7 Å². The van der Waals surface area contributed by atoms with Crippen LogP contribution in [0.4, 0.5) is 5.69 Å². The van der Waals surface area contributed by atoms with Crippen LogP contribution < -0.4 is 15.8 Å². The molecule has 0 atom stereocenters. The van der Waals surface area contributed by atoms with Crippen molar-refractivity contribution in [2.24, 2.45) is 5.73 Å². The number of benzene rings is 1. The van der Waals surface area contributed by atoms with Gasteiger partial charge in [-0.3, -0.25) is 4.79 Å². The second kappa shape index (κ2) is 12.4. The number of carbonyl (C=O) groups excluding carboxylic acids is 1. The number of hydrogen-bond acceptors (Lipinski definition) is 5. The molecule has 0 spiro atoms. The van der Waals surface area contributed by atoms with Crippen LogP contribution in [0.1, 0.15) is 26.7 Å². The van der Waals surface area contributed by atoms with Crippen LogP contribution in [0.3, 0.4) is 0 Å². The van der Waals surface area contributed by atoms with Crippen molar-refractivity contribution in [2.45, 2.75) is 32.2 Å². The summed E-state index contributed by atoms with van der Waals surface area (Å²) in [6.07, 6.45) is 1.09. The predicted molar refractivity (Wildman–Crippen MR) is 110 cm³/mol. The summed E-state index contributed by atoms with van der Waals surface area (Å²) in [6.45, 7) is 8.95. The molecule has 1 heterocycles. The van der Waals surface area contributed by atoms with E-state index in [0.717, 1.165) is 31.1 Å². The first-order valence-electron chi connectivity index (χ1n) is 8.70. The van der Waals surface area contributed by atoms with Gasteiger partial charge in [0.15, 0.2) is 0 Å². The van der Waals surface area contributed by atoms with E-state index in [9.17, 15) is 4.79 Å². The number of ether oxygens (including phenoxy) is 2. The summed E-state index contributed by atoms with van der Waals surface area (Å²) in [4.78, 5) is 14.7. The van der Waals surface area contributed by atoms with Gasteiger partial charge in [0.05, 0.1) is 0 Å². The number of carbonyl (C=O) groups is 1. The van der Waals surface area contributed by atoms with Crippen molar-refractivity contribution in [3.05, 3.63) is 24.3 Å². The molecule has 1 aliphatic heterocycles. The van der Waals surface area contributed by atoms with E-state index in [1.807, 2.05) is 24.3 Å². The lowest BCUT2D eigenvalue weighted by atomic mass is 9.90. The Bertz CT molecular complexity index is 519. The summed E-state index contributed by atoms with van der Waals surface area (Å²) in [5, 5.41) is 2.89. The second-order valence-electron chi connectivity index (χ2n) is 6.12. The maximum absolute atomic E-state index is 12.4. The monoisotopic (exact) mass is 407 g/mol. The highest BCUT2D eigenvalue weighted by molar-refractivity contribution is 5.98. The third-order valence-corrected chi connectivity index (χ3v) is 4.52. The molecule has 1 aromatic carbocycles. The van der Waals surface area contributed by atoms with Gasteiger partial charge in [0, 0.05) is 25.4 Å². The number of amides is 1. The highest BCUT2D eigenvalue weighted by Gasteiger charge is 2.35. The van der Waals surface area contributed by atoms with E-state index >= 15 is 0 Å². The van der Waals surface area contributed by atoms with Gasteiger partial charge in [-0.05, 0) is 50.2 Å². The molecule has 1 amide bonds. The fraction of sp³-hybridized carbons (Fsp3) is 0.611. The van der Waals surface area contributed by atoms with Crippen LogP contribution in [0.2, 0.25) is 0 Å². The minimum Gasteiger partial charge on any atom is -0.492 e. The zero-order valence-electron chi connectivity index (χ0n) is 15.5. The summed E-state index contributed by atoms with van der Waals surface area (Å²) in [5.41, 5.74) is 6.07. The summed E-state index contributed by atoms with van der Waals surface area (Å²) < 4.78 is 11.0. The van der Waals surface area contributed by atoms with Crippen LogP contribution in [0.5, 0.6) is 5.75 Å². The van der Waals surface area contributed by atoms with Gasteiger partial charge < -0.3 is 25.4 Å². The number of nitrogens with one attached hydrogen (secondary N) is 1. The minimum absolute atomic E-state index is 0. The van der Waals surface area contributed by atoms with E-state index in [1.54, 1.807) is 0 Å². The van der Waals surface area contributed by atoms with Crippen molar-refractivity contribution >= 4 is 36.4 Å². The molecule has 0 unspecified atom stereocenters. The Labute approximate surface area is 168 Å². The zero-order chi connectivity index (χ0) is 17.4. The molecule has 6 nitrogen and oxygen atoms in total. The van der Waals surface area contributed by atoms with Crippen molar-refractivity contribution in [1.29, 1.82) is 0 Å². The Balaban J connectivity index is 0.00000312. The first-order chi connectivity index (χ1) is 11.6. The van der Waals surface area contributed by atoms with Crippen molar-refractivity contribution in [1.82, 2.24) is 4.90 Å². The van der Waals surface area contributed by atoms with E-state index < -0.39 is 5.54 Å². The largest absolute Gasteiger partial charge is 0.492 e. The molecule has 1 saturated heterocycles. The average molecular weight is 408 g/mol. The molecule has 0 bridgehead atoms. The Morgan fingerprint density at radius 2 is 1.77 bits per heavy atom. The third-order valence-electron chi connectivity index (χ3n) is 4.52. The average Bonchev–Trinajstić information content (AvgIpc) is 2.61. The molecule has 3 N–H and O–H groups in total. The summed E-state index contributed by atoms with van der Waals surface area (Å²) in [7, 11) is 0. The first kappa shape index (κ1) is 24.9. The standard InChI is InChI=1S/C18H29N3O3.2ClH/c1-3-21(4-2)11-14-24-16-7-5-15(6-8-16)20-17(22)18(19)9-12-23-13-10-18;;/h5-8H,3-4,9-14,19H2,1-2H3,(H,20,22);2*1H. The Morgan fingerprint density at radius 3 is 2.31 bits per heavy atom. The molecule has 1 aromatic rings. The third kappa shape index (κ3) is 7.29. The van der Waals surface area contributed by atoms with Crippen LogP contribution in [0, 0.1) is 0 Å². The molecule has 0 saturated carbocycles. The van der Waals surface area contributed by atoms with Gasteiger partial charge in [0.2, 0.25) is 5.91 Å². The van der Waals surface area contributed by atoms with Gasteiger partial charge in [-0.2, -0.15) is 0 Å². The van der Waals surface area contributed by atoms with Crippen LogP contribution >= 0.6 is 24.8 Å². The number of nitrogens with zero attached hydrogens (tertiary/aromatic N) is 1. The lowest BCUT2D eigenvalue weighted by Gasteiger charge is -2.31. The molecule has 26 heavy (non-hydrogen) atoms. The van der Waals surface area contributed by atoms with Crippen LogP contribution in [-0.4, -0.2) is 55.8 Å². The molecule has 0 aliphatic carbocycles. The molecule has 0 radical (unpaired) electrons. The number of anilines is 1. The predicted octanol–water partition coefficient (Wildman–Crippen LogP) is 2.70. The van der Waals surface area contributed by atoms with Crippen molar-refractivity contribution in [3.8, 4) is 5.75 Å². The maximum atomic E-state index is 12.4. The topological polar surface area (TPSA) is 76.8 Å². The van der Waals surface area contributed by atoms with Gasteiger partial charge >= 0.3 is 0 Å². The molecule has 1 aliphatic rings. The number of hydrogen-bond donors (Lipinski definition) is 2. The van der Waals surface area contributed by atoms with Crippen molar-refractivity contribution in [2.75, 3.05) is 44.8 Å². The van der Waals surface area contributed by atoms with Gasteiger partial charge in [0.25, 0.3) is 0 Å². The SMILES string of the molecule is CCN(CC)CCOc1ccc(NC(=O)C2(N)CCOCC2)cc1.Cl.Cl. The highest BCUT2D eigenvalue weighted by Crippen LogP contribution is 2.21. The summed E-state index contributed by atoms with van der Waals surface area (Å²) in [5.74, 6) is 0.648. The lowest BCUT2D eigenvalue weighted by molar-refractivity contribution is -0.124. The molecule has 0 aromatic heterocycles. The minimum atomic E-state index is -0.836. The molecule has 150 valence electrons. The normalized spacial score (nSPS) is 15.5. The summed E-state index contributed by atoms with van der Waals surface area (Å²) >= 11 is 0. The number of likely N-dealkylation sites (N-methyl/N-ethyl adjacent to an activating group) is 1. The molecule has 2 rings (SSSR count). The lowest BCUT2D eigenvalue weighted by Crippen LogP contribution is -2.54. The molecular formula is C18H31Cl2N3O3. The second-order valence-corrected chi connectivity index (χ2v) is 6.12. The fourth-order valence-electron chi connectivity index (χ4n) is 2.69. The maximum Gasteiger partial charge on any atom is 0.244 e. The van der Waals surface area contributed by atoms with Gasteiger partial charge in [0.1, 0.15) is 17.9 Å². The van der Waals surface area contributed by atoms with Crippen LogP contribution in [0.25, 0.3) is 0 Å². The van der Waals surface area contributed by atoms with Gasteiger partial charge in [-0.15, -0.1) is 24.8 Å². The van der Waals surface area contributed by atoms with Crippen molar-refractivity contribution in [3.63, 3.8) is 0 Å². The Kier molecular flexibility index (Phi) is 11.9. The Morgan fingerprint density at radius 1 is 1.19 bits per heavy atom. The first-order valence-corrected chi connectivity index (χ1v) is 8.70. The Hall–Kier alpha value is -1.05. The number of halogens is 2. The van der Waals surface area contributed by atoms with Crippen molar-refractivity contribution < 1.29 is 14.3 Å². The number of nitrogens with two attached hydrogens (primary N) is 1. The quantitative estimate of drug-likeness (QED) is 0.692. The fourth-order valence-corrected chi connectivity index (χ4v) is 2.69. The smallest absolute Gasteiger partial charge is 0.244 e. The highest BCUT2D eigenvalue weighted by atomic mass is 35.5. The van der Waals surface area contributed by atoms with E-state index in [2.05, 4.69) is 24.1 Å². The molecular weight excluding hydrogens is 377 g/mol. The van der Waals surface area contributed by atoms with E-state index in [1.165, 1.54) is 0 Å². The van der Waals surface area contributed by atoms with Crippen LogP contribution in [0.15, 0.2) is 24.3 Å². The van der Waals surface area contributed by atoms with Crippen LogP contribution in [-0.2, 0) is 9.53 Å². The zero-order valence-corrected chi connectivity index (χ0v) is 17.2. The van der Waals surface area contributed by atoms with Gasteiger partial charge in [-0.1, -0.05) is 13.8 Å². The van der Waals surface area contributed by atoms with Gasteiger partial charge in [-0.25, -0.2) is 0 Å². The molecule has 1 fully saturated rings. The molecule has 8 heteroatoms. The van der Waals surface area contributed by atoms with E-state index in [0.29, 0.717) is 32.7 Å².